The van der Waals surface area contributed by atoms with Gasteiger partial charge in [-0.3, -0.25) is 4.79 Å². The third-order valence-electron chi connectivity index (χ3n) is 4.57. The lowest BCUT2D eigenvalue weighted by molar-refractivity contribution is -0.131. The fourth-order valence-electron chi connectivity index (χ4n) is 2.68. The van der Waals surface area contributed by atoms with Crippen LogP contribution in [-0.2, 0) is 4.79 Å². The highest BCUT2D eigenvalue weighted by Crippen LogP contribution is 2.28. The van der Waals surface area contributed by atoms with Crippen LogP contribution in [0.5, 0.6) is 0 Å². The van der Waals surface area contributed by atoms with Gasteiger partial charge in [0.15, 0.2) is 0 Å². The van der Waals surface area contributed by atoms with Crippen LogP contribution in [0.4, 0.5) is 0 Å². The van der Waals surface area contributed by atoms with Gasteiger partial charge < -0.3 is 10.2 Å². The first-order chi connectivity index (χ1) is 12.5. The van der Waals surface area contributed by atoms with Crippen LogP contribution in [-0.4, -0.2) is 29.4 Å². The number of amides is 1. The molecule has 0 saturated carbocycles. The molecule has 0 aliphatic carbocycles. The summed E-state index contributed by atoms with van der Waals surface area (Å²) in [5, 5.41) is 4.94. The summed E-state index contributed by atoms with van der Waals surface area (Å²) >= 11 is 7.56. The van der Waals surface area contributed by atoms with E-state index in [4.69, 9.17) is 11.6 Å². The first-order valence-electron chi connectivity index (χ1n) is 8.55. The number of fused-ring (bicyclic) bond motifs is 1. The Morgan fingerprint density at radius 1 is 1.19 bits per heavy atom. The summed E-state index contributed by atoms with van der Waals surface area (Å²) in [7, 11) is 1.83. The summed E-state index contributed by atoms with van der Waals surface area (Å²) in [6, 6.07) is 15.7. The molecule has 3 rings (SSSR count). The zero-order valence-electron chi connectivity index (χ0n) is 15.1. The fraction of sp³-hybridized carbons (Fsp3) is 0.300. The molecule has 3 aromatic rings. The summed E-state index contributed by atoms with van der Waals surface area (Å²) in [6.45, 7) is 4.32. The lowest BCUT2D eigenvalue weighted by Crippen LogP contribution is -2.37. The Balaban J connectivity index is 1.60. The van der Waals surface area contributed by atoms with E-state index < -0.39 is 0 Å². The summed E-state index contributed by atoms with van der Waals surface area (Å²) in [4.78, 5) is 19.0. The Bertz CT molecular complexity index is 860. The van der Waals surface area contributed by atoms with Gasteiger partial charge >= 0.3 is 0 Å². The molecule has 0 saturated heterocycles. The molecular weight excluding hydrogens is 366 g/mol. The van der Waals surface area contributed by atoms with Gasteiger partial charge in [-0.1, -0.05) is 35.9 Å². The van der Waals surface area contributed by atoms with Crippen molar-refractivity contribution in [3.63, 3.8) is 0 Å². The number of nitrogens with one attached hydrogen (secondary N) is 1. The minimum atomic E-state index is -0.0625. The molecule has 0 bridgehead atoms. The molecule has 0 fully saturated rings. The second-order valence-corrected chi connectivity index (χ2v) is 7.85. The van der Waals surface area contributed by atoms with Gasteiger partial charge in [0.25, 0.3) is 0 Å². The highest BCUT2D eigenvalue weighted by molar-refractivity contribution is 7.18. The molecule has 1 heterocycles. The predicted molar refractivity (Wildman–Crippen MR) is 109 cm³/mol. The number of nitrogens with zero attached hydrogens (tertiary/aromatic N) is 2. The molecule has 2 atom stereocenters. The second kappa shape index (κ2) is 8.16. The first kappa shape index (κ1) is 18.8. The highest BCUT2D eigenvalue weighted by atomic mass is 35.5. The van der Waals surface area contributed by atoms with Gasteiger partial charge in [0, 0.05) is 18.1 Å². The number of thiazole rings is 1. The number of aromatic nitrogens is 1. The van der Waals surface area contributed by atoms with Crippen LogP contribution in [0.1, 0.15) is 36.5 Å². The molecule has 0 aliphatic heterocycles. The molecular formula is C20H22ClN3OS. The molecule has 0 spiro atoms. The number of carbonyl (C=O) groups excluding carboxylic acids is 1. The van der Waals surface area contributed by atoms with E-state index in [1.165, 1.54) is 0 Å². The third-order valence-corrected chi connectivity index (χ3v) is 6.03. The molecule has 2 aromatic carbocycles. The van der Waals surface area contributed by atoms with Crippen molar-refractivity contribution in [1.82, 2.24) is 15.2 Å². The maximum atomic E-state index is 12.6. The zero-order chi connectivity index (χ0) is 18.7. The predicted octanol–water partition coefficient (Wildman–Crippen LogP) is 4.82. The van der Waals surface area contributed by atoms with Crippen molar-refractivity contribution in [3.8, 4) is 0 Å². The quantitative estimate of drug-likeness (QED) is 0.659. The number of rotatable bonds is 6. The van der Waals surface area contributed by atoms with Crippen molar-refractivity contribution in [2.24, 2.45) is 0 Å². The molecule has 1 amide bonds. The Hall–Kier alpha value is -1.95. The molecule has 1 aromatic heterocycles. The minimum Gasteiger partial charge on any atom is -0.335 e. The largest absolute Gasteiger partial charge is 0.335 e. The van der Waals surface area contributed by atoms with Gasteiger partial charge in [-0.05, 0) is 43.7 Å². The molecule has 0 radical (unpaired) electrons. The van der Waals surface area contributed by atoms with Crippen molar-refractivity contribution < 1.29 is 4.79 Å². The molecule has 6 heteroatoms. The van der Waals surface area contributed by atoms with E-state index in [0.717, 1.165) is 20.8 Å². The number of para-hydroxylation sites is 1. The average molecular weight is 388 g/mol. The number of carbonyl (C=O) groups is 1. The van der Waals surface area contributed by atoms with Crippen LogP contribution in [0.2, 0.25) is 5.02 Å². The van der Waals surface area contributed by atoms with E-state index in [9.17, 15) is 4.79 Å². The number of halogens is 1. The minimum absolute atomic E-state index is 0.0394. The number of hydrogen-bond donors (Lipinski definition) is 1. The van der Waals surface area contributed by atoms with Gasteiger partial charge in [-0.2, -0.15) is 0 Å². The lowest BCUT2D eigenvalue weighted by Gasteiger charge is -2.24. The topological polar surface area (TPSA) is 45.2 Å². The highest BCUT2D eigenvalue weighted by Gasteiger charge is 2.21. The lowest BCUT2D eigenvalue weighted by atomic mass is 10.1. The Kier molecular flexibility index (Phi) is 5.91. The van der Waals surface area contributed by atoms with Gasteiger partial charge in [0.2, 0.25) is 5.91 Å². The van der Waals surface area contributed by atoms with Gasteiger partial charge in [-0.25, -0.2) is 4.98 Å². The van der Waals surface area contributed by atoms with E-state index in [1.807, 2.05) is 63.4 Å². The van der Waals surface area contributed by atoms with Crippen molar-refractivity contribution in [1.29, 1.82) is 0 Å². The van der Waals surface area contributed by atoms with Crippen molar-refractivity contribution in [2.75, 3.05) is 13.6 Å². The summed E-state index contributed by atoms with van der Waals surface area (Å²) in [6.07, 6.45) is 0. The van der Waals surface area contributed by atoms with Gasteiger partial charge in [0.05, 0.1) is 22.8 Å². The molecule has 4 nitrogen and oxygen atoms in total. The fourth-order valence-corrected chi connectivity index (χ4v) is 3.87. The molecule has 136 valence electrons. The Morgan fingerprint density at radius 3 is 2.58 bits per heavy atom. The standard InChI is InChI=1S/C20H22ClN3OS/c1-13(15-8-10-16(21)11-9-15)22-12-19(25)24(3)14(2)20-23-17-6-4-5-7-18(17)26-20/h4-11,13-14,22H,12H2,1-3H3/t13-,14-/m1/s1. The van der Waals surface area contributed by atoms with E-state index in [-0.39, 0.29) is 24.5 Å². The first-order valence-corrected chi connectivity index (χ1v) is 9.75. The van der Waals surface area contributed by atoms with Crippen LogP contribution < -0.4 is 5.32 Å². The van der Waals surface area contributed by atoms with Crippen LogP contribution in [0.25, 0.3) is 10.2 Å². The molecule has 0 aliphatic rings. The van der Waals surface area contributed by atoms with Crippen LogP contribution >= 0.6 is 22.9 Å². The van der Waals surface area contributed by atoms with E-state index in [2.05, 4.69) is 16.4 Å². The SMILES string of the molecule is C[C@H](c1nc2ccccc2s1)N(C)C(=O)CN[C@H](C)c1ccc(Cl)cc1. The van der Waals surface area contributed by atoms with Crippen molar-refractivity contribution in [3.05, 3.63) is 64.1 Å². The summed E-state index contributed by atoms with van der Waals surface area (Å²) in [5.74, 6) is 0.0394. The van der Waals surface area contributed by atoms with Gasteiger partial charge in [0.1, 0.15) is 5.01 Å². The summed E-state index contributed by atoms with van der Waals surface area (Å²) in [5.41, 5.74) is 2.08. The monoisotopic (exact) mass is 387 g/mol. The van der Waals surface area contributed by atoms with Crippen LogP contribution in [0.15, 0.2) is 48.5 Å². The zero-order valence-corrected chi connectivity index (χ0v) is 16.6. The normalized spacial score (nSPS) is 13.5. The van der Waals surface area contributed by atoms with Crippen molar-refractivity contribution in [2.45, 2.75) is 25.9 Å². The Labute approximate surface area is 162 Å². The smallest absolute Gasteiger partial charge is 0.236 e. The molecule has 26 heavy (non-hydrogen) atoms. The number of likely N-dealkylation sites (N-methyl/N-ethyl adjacent to an activating group) is 1. The molecule has 1 N–H and O–H groups in total. The van der Waals surface area contributed by atoms with Crippen LogP contribution in [0.3, 0.4) is 0 Å². The molecule has 0 unspecified atom stereocenters. The Morgan fingerprint density at radius 2 is 1.88 bits per heavy atom. The average Bonchev–Trinajstić information content (AvgIpc) is 3.09. The third kappa shape index (κ3) is 4.23. The summed E-state index contributed by atoms with van der Waals surface area (Å²) < 4.78 is 1.14. The van der Waals surface area contributed by atoms with Crippen LogP contribution in [0, 0.1) is 0 Å². The maximum Gasteiger partial charge on any atom is 0.236 e. The van der Waals surface area contributed by atoms with Gasteiger partial charge in [-0.15, -0.1) is 11.3 Å². The number of benzene rings is 2. The second-order valence-electron chi connectivity index (χ2n) is 6.35. The maximum absolute atomic E-state index is 12.6. The van der Waals surface area contributed by atoms with E-state index in [0.29, 0.717) is 5.02 Å². The number of hydrogen-bond acceptors (Lipinski definition) is 4. The van der Waals surface area contributed by atoms with Crippen molar-refractivity contribution >= 4 is 39.1 Å². The van der Waals surface area contributed by atoms with E-state index >= 15 is 0 Å². The van der Waals surface area contributed by atoms with E-state index in [1.54, 1.807) is 16.2 Å².